The van der Waals surface area contributed by atoms with Crippen LogP contribution >= 0.6 is 0 Å². The lowest BCUT2D eigenvalue weighted by atomic mass is 9.86. The van der Waals surface area contributed by atoms with E-state index in [1.165, 1.54) is 11.1 Å². The summed E-state index contributed by atoms with van der Waals surface area (Å²) < 4.78 is 1.83. The third-order valence-corrected chi connectivity index (χ3v) is 5.91. The normalized spacial score (nSPS) is 18.6. The van der Waals surface area contributed by atoms with Crippen molar-refractivity contribution in [2.24, 2.45) is 0 Å². The van der Waals surface area contributed by atoms with Crippen LogP contribution in [0.5, 0.6) is 0 Å². The molecule has 146 valence electrons. The molecule has 2 aliphatic rings. The van der Waals surface area contributed by atoms with Gasteiger partial charge in [-0.15, -0.1) is 0 Å². The summed E-state index contributed by atoms with van der Waals surface area (Å²) in [7, 11) is 0. The summed E-state index contributed by atoms with van der Waals surface area (Å²) in [5.74, 6) is 0.113. The number of aromatic nitrogens is 2. The van der Waals surface area contributed by atoms with E-state index in [4.69, 9.17) is 0 Å². The quantitative estimate of drug-likeness (QED) is 0.585. The maximum Gasteiger partial charge on any atom is 0.247 e. The zero-order valence-corrected chi connectivity index (χ0v) is 16.4. The fraction of sp³-hybridized carbons (Fsp3) is 0.280. The second-order valence-electron chi connectivity index (χ2n) is 7.97. The molecule has 4 heteroatoms. The zero-order valence-electron chi connectivity index (χ0n) is 16.4. The van der Waals surface area contributed by atoms with Gasteiger partial charge in [-0.1, -0.05) is 42.5 Å². The predicted molar refractivity (Wildman–Crippen MR) is 115 cm³/mol. The molecule has 1 heterocycles. The van der Waals surface area contributed by atoms with Gasteiger partial charge in [0.2, 0.25) is 5.91 Å². The highest BCUT2D eigenvalue weighted by Crippen LogP contribution is 2.40. The highest BCUT2D eigenvalue weighted by molar-refractivity contribution is 5.92. The molecule has 2 aromatic carbocycles. The number of rotatable bonds is 5. The van der Waals surface area contributed by atoms with Crippen LogP contribution in [0.2, 0.25) is 0 Å². The van der Waals surface area contributed by atoms with E-state index in [1.807, 2.05) is 47.3 Å². The van der Waals surface area contributed by atoms with Crippen LogP contribution in [-0.4, -0.2) is 26.6 Å². The number of aryl methyl sites for hydroxylation is 1. The molecule has 0 saturated heterocycles. The van der Waals surface area contributed by atoms with Gasteiger partial charge in [-0.2, -0.15) is 5.10 Å². The summed E-state index contributed by atoms with van der Waals surface area (Å²) in [6.45, 7) is 0. The fourth-order valence-corrected chi connectivity index (χ4v) is 4.36. The third-order valence-electron chi connectivity index (χ3n) is 5.91. The topological polar surface area (TPSA) is 38.1 Å². The molecule has 1 unspecified atom stereocenters. The van der Waals surface area contributed by atoms with Gasteiger partial charge in [0.05, 0.1) is 17.9 Å². The number of nitrogens with zero attached hydrogens (tertiary/aromatic N) is 3. The summed E-state index contributed by atoms with van der Waals surface area (Å²) in [6, 6.07) is 19.2. The van der Waals surface area contributed by atoms with E-state index < -0.39 is 0 Å². The number of amides is 1. The molecular formula is C25H25N3O. The van der Waals surface area contributed by atoms with E-state index in [1.54, 1.807) is 12.3 Å². The number of carbonyl (C=O) groups is 1. The number of para-hydroxylation sites is 1. The molecule has 0 spiro atoms. The van der Waals surface area contributed by atoms with Crippen molar-refractivity contribution in [3.63, 3.8) is 0 Å². The second-order valence-corrected chi connectivity index (χ2v) is 7.97. The van der Waals surface area contributed by atoms with Crippen LogP contribution in [0.1, 0.15) is 48.4 Å². The van der Waals surface area contributed by atoms with Gasteiger partial charge in [0.15, 0.2) is 0 Å². The minimum absolute atomic E-state index is 0.113. The summed E-state index contributed by atoms with van der Waals surface area (Å²) in [5.41, 5.74) is 4.68. The maximum atomic E-state index is 13.2. The Bertz CT molecular complexity index is 1030. The Morgan fingerprint density at radius 2 is 1.83 bits per heavy atom. The van der Waals surface area contributed by atoms with Crippen LogP contribution in [0.4, 0.5) is 0 Å². The highest BCUT2D eigenvalue weighted by Gasteiger charge is 2.38. The molecule has 1 atom stereocenters. The molecule has 0 bridgehead atoms. The highest BCUT2D eigenvalue weighted by atomic mass is 16.2. The Morgan fingerprint density at radius 3 is 2.66 bits per heavy atom. The van der Waals surface area contributed by atoms with Crippen molar-refractivity contribution in [1.82, 2.24) is 14.7 Å². The molecule has 1 aromatic heterocycles. The Morgan fingerprint density at radius 1 is 1.03 bits per heavy atom. The van der Waals surface area contributed by atoms with Crippen molar-refractivity contribution in [2.45, 2.75) is 44.2 Å². The van der Waals surface area contributed by atoms with Gasteiger partial charge in [0.1, 0.15) is 0 Å². The van der Waals surface area contributed by atoms with Crippen LogP contribution in [-0.2, 0) is 11.2 Å². The first-order valence-corrected chi connectivity index (χ1v) is 10.5. The molecule has 0 aliphatic heterocycles. The van der Waals surface area contributed by atoms with Crippen LogP contribution in [0.15, 0.2) is 73.1 Å². The fourth-order valence-electron chi connectivity index (χ4n) is 4.36. The lowest BCUT2D eigenvalue weighted by molar-refractivity contribution is -0.129. The number of carbonyl (C=O) groups excluding carboxylic acids is 1. The van der Waals surface area contributed by atoms with Crippen LogP contribution < -0.4 is 0 Å². The van der Waals surface area contributed by atoms with Crippen molar-refractivity contribution in [3.05, 3.63) is 89.8 Å². The van der Waals surface area contributed by atoms with Crippen LogP contribution in [0.25, 0.3) is 11.8 Å². The van der Waals surface area contributed by atoms with Crippen LogP contribution in [0.3, 0.4) is 0 Å². The standard InChI is InChI=1S/C25H25N3O/c29-25(16-13-19-17-26-27(18-19)21-9-2-1-3-10-21)28(22-14-15-22)24-12-6-8-20-7-4-5-11-23(20)24/h1-5,7,9-11,13,16-18,22,24H,6,8,12,14-15H2/b16-13+. The monoisotopic (exact) mass is 383 g/mol. The first kappa shape index (κ1) is 17.9. The molecule has 0 radical (unpaired) electrons. The van der Waals surface area contributed by atoms with E-state index in [0.717, 1.165) is 43.4 Å². The van der Waals surface area contributed by atoms with Crippen molar-refractivity contribution >= 4 is 12.0 Å². The van der Waals surface area contributed by atoms with Gasteiger partial charge in [0.25, 0.3) is 0 Å². The Hall–Kier alpha value is -3.14. The maximum absolute atomic E-state index is 13.2. The van der Waals surface area contributed by atoms with Gasteiger partial charge >= 0.3 is 0 Å². The average molecular weight is 383 g/mol. The summed E-state index contributed by atoms with van der Waals surface area (Å²) in [6.07, 6.45) is 12.9. The summed E-state index contributed by atoms with van der Waals surface area (Å²) in [5, 5.41) is 4.42. The van der Waals surface area contributed by atoms with E-state index >= 15 is 0 Å². The average Bonchev–Trinajstić information content (AvgIpc) is 3.49. The van der Waals surface area contributed by atoms with E-state index in [-0.39, 0.29) is 11.9 Å². The van der Waals surface area contributed by atoms with E-state index in [9.17, 15) is 4.79 Å². The number of fused-ring (bicyclic) bond motifs is 1. The Balaban J connectivity index is 1.36. The van der Waals surface area contributed by atoms with Crippen molar-refractivity contribution in [3.8, 4) is 5.69 Å². The number of hydrogen-bond acceptors (Lipinski definition) is 2. The first-order valence-electron chi connectivity index (χ1n) is 10.5. The predicted octanol–water partition coefficient (Wildman–Crippen LogP) is 4.95. The first-order chi connectivity index (χ1) is 14.3. The molecule has 1 saturated carbocycles. The molecule has 5 rings (SSSR count). The molecule has 4 nitrogen and oxygen atoms in total. The van der Waals surface area contributed by atoms with E-state index in [2.05, 4.69) is 34.3 Å². The van der Waals surface area contributed by atoms with Crippen molar-refractivity contribution in [2.75, 3.05) is 0 Å². The lowest BCUT2D eigenvalue weighted by Crippen LogP contribution is -2.37. The van der Waals surface area contributed by atoms with Gasteiger partial charge in [0, 0.05) is 23.9 Å². The van der Waals surface area contributed by atoms with Gasteiger partial charge < -0.3 is 4.90 Å². The number of hydrogen-bond donors (Lipinski definition) is 0. The Labute approximate surface area is 171 Å². The third kappa shape index (κ3) is 3.75. The summed E-state index contributed by atoms with van der Waals surface area (Å²) in [4.78, 5) is 15.3. The van der Waals surface area contributed by atoms with Gasteiger partial charge in [-0.05, 0) is 61.4 Å². The van der Waals surface area contributed by atoms with Crippen molar-refractivity contribution < 1.29 is 4.79 Å². The molecule has 1 amide bonds. The molecular weight excluding hydrogens is 358 g/mol. The Kier molecular flexibility index (Phi) is 4.76. The van der Waals surface area contributed by atoms with Gasteiger partial charge in [-0.3, -0.25) is 4.79 Å². The molecule has 2 aliphatic carbocycles. The second kappa shape index (κ2) is 7.70. The molecule has 29 heavy (non-hydrogen) atoms. The van der Waals surface area contributed by atoms with E-state index in [0.29, 0.717) is 6.04 Å². The van der Waals surface area contributed by atoms with Crippen LogP contribution in [0, 0.1) is 0 Å². The lowest BCUT2D eigenvalue weighted by Gasteiger charge is -2.35. The smallest absolute Gasteiger partial charge is 0.247 e. The van der Waals surface area contributed by atoms with Crippen molar-refractivity contribution in [1.29, 1.82) is 0 Å². The molecule has 0 N–H and O–H groups in total. The summed E-state index contributed by atoms with van der Waals surface area (Å²) >= 11 is 0. The van der Waals surface area contributed by atoms with Gasteiger partial charge in [-0.25, -0.2) is 4.68 Å². The SMILES string of the molecule is O=C(/C=C/c1cnn(-c2ccccc2)c1)N(C1CC1)C1CCCc2ccccc21. The molecule has 1 fully saturated rings. The largest absolute Gasteiger partial charge is 0.329 e. The zero-order chi connectivity index (χ0) is 19.6. The number of benzene rings is 2. The minimum atomic E-state index is 0.113. The molecule has 3 aromatic rings. The minimum Gasteiger partial charge on any atom is -0.329 e.